The fourth-order valence-corrected chi connectivity index (χ4v) is 4.11. The normalized spacial score (nSPS) is 20.2. The molecular formula is C23H23N3O7. The molecule has 2 fully saturated rings. The molecular weight excluding hydrogens is 430 g/mol. The average Bonchev–Trinajstić information content (AvgIpc) is 3.44. The van der Waals surface area contributed by atoms with Gasteiger partial charge in [0.05, 0.1) is 30.2 Å². The first-order valence-corrected chi connectivity index (χ1v) is 10.6. The summed E-state index contributed by atoms with van der Waals surface area (Å²) >= 11 is 0. The lowest BCUT2D eigenvalue weighted by atomic mass is 10.1. The molecule has 0 radical (unpaired) electrons. The Morgan fingerprint density at radius 1 is 1.18 bits per heavy atom. The van der Waals surface area contributed by atoms with Crippen molar-refractivity contribution in [3.8, 4) is 5.75 Å². The highest BCUT2D eigenvalue weighted by molar-refractivity contribution is 6.23. The first-order valence-electron chi connectivity index (χ1n) is 10.6. The molecule has 33 heavy (non-hydrogen) atoms. The maximum Gasteiger partial charge on any atom is 0.269 e. The van der Waals surface area contributed by atoms with Crippen LogP contribution >= 0.6 is 0 Å². The Balaban J connectivity index is 1.62. The minimum absolute atomic E-state index is 0.143. The summed E-state index contributed by atoms with van der Waals surface area (Å²) in [6.45, 7) is 0.718. The quantitative estimate of drug-likeness (QED) is 0.359. The van der Waals surface area contributed by atoms with Crippen LogP contribution in [0.1, 0.15) is 29.6 Å². The number of ether oxygens (including phenoxy) is 2. The molecule has 2 aromatic carbocycles. The van der Waals surface area contributed by atoms with Crippen molar-refractivity contribution in [2.24, 2.45) is 0 Å². The number of nitrogens with zero attached hydrogens (tertiary/aromatic N) is 3. The van der Waals surface area contributed by atoms with Gasteiger partial charge in [-0.15, -0.1) is 0 Å². The van der Waals surface area contributed by atoms with E-state index >= 15 is 0 Å². The molecule has 10 heteroatoms. The molecule has 2 saturated heterocycles. The van der Waals surface area contributed by atoms with E-state index in [-0.39, 0.29) is 30.3 Å². The van der Waals surface area contributed by atoms with E-state index in [9.17, 15) is 24.5 Å². The number of nitro groups is 1. The summed E-state index contributed by atoms with van der Waals surface area (Å²) in [5.41, 5.74) is 0.449. The van der Waals surface area contributed by atoms with E-state index in [1.54, 1.807) is 24.3 Å². The summed E-state index contributed by atoms with van der Waals surface area (Å²) in [4.78, 5) is 52.3. The van der Waals surface area contributed by atoms with Gasteiger partial charge in [0.2, 0.25) is 5.91 Å². The molecule has 0 aliphatic carbocycles. The molecule has 4 rings (SSSR count). The number of rotatable bonds is 7. The largest absolute Gasteiger partial charge is 0.497 e. The maximum absolute atomic E-state index is 13.4. The predicted molar refractivity (Wildman–Crippen MR) is 117 cm³/mol. The molecule has 0 N–H and O–H groups in total. The number of nitro benzene ring substituents is 1. The Hall–Kier alpha value is -3.79. The van der Waals surface area contributed by atoms with E-state index in [0.717, 1.165) is 17.7 Å². The number of carbonyl (C=O) groups is 3. The summed E-state index contributed by atoms with van der Waals surface area (Å²) in [5.74, 6) is -0.812. The topological polar surface area (TPSA) is 119 Å². The van der Waals surface area contributed by atoms with Crippen LogP contribution in [0.3, 0.4) is 0 Å². The molecule has 0 spiro atoms. The summed E-state index contributed by atoms with van der Waals surface area (Å²) in [5, 5.41) is 10.9. The van der Waals surface area contributed by atoms with E-state index in [0.29, 0.717) is 18.0 Å². The van der Waals surface area contributed by atoms with Crippen LogP contribution in [0, 0.1) is 10.1 Å². The fourth-order valence-electron chi connectivity index (χ4n) is 4.11. The van der Waals surface area contributed by atoms with Crippen LogP contribution in [-0.4, -0.2) is 60.0 Å². The molecule has 3 amide bonds. The number of carbonyl (C=O) groups excluding carboxylic acids is 3. The zero-order valence-electron chi connectivity index (χ0n) is 18.0. The van der Waals surface area contributed by atoms with Gasteiger partial charge in [0.15, 0.2) is 0 Å². The first-order chi connectivity index (χ1) is 15.9. The molecule has 2 unspecified atom stereocenters. The van der Waals surface area contributed by atoms with E-state index in [2.05, 4.69) is 0 Å². The van der Waals surface area contributed by atoms with Crippen molar-refractivity contribution < 1.29 is 28.8 Å². The van der Waals surface area contributed by atoms with Gasteiger partial charge < -0.3 is 14.4 Å². The van der Waals surface area contributed by atoms with Crippen LogP contribution in [-0.2, 0) is 14.3 Å². The zero-order chi connectivity index (χ0) is 23.5. The van der Waals surface area contributed by atoms with Crippen molar-refractivity contribution in [1.29, 1.82) is 0 Å². The van der Waals surface area contributed by atoms with E-state index in [1.807, 2.05) is 0 Å². The number of non-ortho nitro benzene ring substituents is 1. The number of benzene rings is 2. The van der Waals surface area contributed by atoms with Crippen LogP contribution in [0.4, 0.5) is 11.4 Å². The highest BCUT2D eigenvalue weighted by Crippen LogP contribution is 2.29. The number of amides is 3. The van der Waals surface area contributed by atoms with Gasteiger partial charge in [0.25, 0.3) is 17.5 Å². The molecule has 10 nitrogen and oxygen atoms in total. The Morgan fingerprint density at radius 3 is 2.45 bits per heavy atom. The van der Waals surface area contributed by atoms with Gasteiger partial charge in [-0.3, -0.25) is 24.5 Å². The third-order valence-electron chi connectivity index (χ3n) is 5.84. The van der Waals surface area contributed by atoms with Gasteiger partial charge in [-0.1, -0.05) is 0 Å². The Bertz CT molecular complexity index is 1060. The smallest absolute Gasteiger partial charge is 0.269 e. The molecule has 2 aromatic rings. The summed E-state index contributed by atoms with van der Waals surface area (Å²) < 4.78 is 10.8. The minimum Gasteiger partial charge on any atom is -0.497 e. The lowest BCUT2D eigenvalue weighted by Crippen LogP contribution is -2.48. The van der Waals surface area contributed by atoms with Gasteiger partial charge >= 0.3 is 0 Å². The number of hydrogen-bond donors (Lipinski definition) is 0. The Morgan fingerprint density at radius 2 is 1.88 bits per heavy atom. The van der Waals surface area contributed by atoms with E-state index in [4.69, 9.17) is 9.47 Å². The van der Waals surface area contributed by atoms with Crippen LogP contribution in [0.2, 0.25) is 0 Å². The van der Waals surface area contributed by atoms with Crippen molar-refractivity contribution in [2.45, 2.75) is 31.4 Å². The number of imide groups is 1. The molecule has 2 aliphatic rings. The molecule has 172 valence electrons. The van der Waals surface area contributed by atoms with Gasteiger partial charge in [0, 0.05) is 30.8 Å². The first kappa shape index (κ1) is 22.4. The van der Waals surface area contributed by atoms with Gasteiger partial charge in [-0.05, 0) is 49.2 Å². The zero-order valence-corrected chi connectivity index (χ0v) is 18.0. The van der Waals surface area contributed by atoms with E-state index in [1.165, 1.54) is 36.3 Å². The van der Waals surface area contributed by atoms with Crippen molar-refractivity contribution in [3.63, 3.8) is 0 Å². The van der Waals surface area contributed by atoms with Crippen molar-refractivity contribution in [1.82, 2.24) is 4.90 Å². The van der Waals surface area contributed by atoms with Crippen molar-refractivity contribution in [2.75, 3.05) is 25.2 Å². The SMILES string of the molecule is COc1ccc(N2C(=O)CC(N(CC3CCCO3)C(=O)c3ccc([N+](=O)[O-])cc3)C2=O)cc1. The monoisotopic (exact) mass is 453 g/mol. The van der Waals surface area contributed by atoms with Gasteiger partial charge in [-0.2, -0.15) is 0 Å². The summed E-state index contributed by atoms with van der Waals surface area (Å²) in [6.07, 6.45) is 1.18. The maximum atomic E-state index is 13.4. The molecule has 0 bridgehead atoms. The number of anilines is 1. The second-order valence-electron chi connectivity index (χ2n) is 7.88. The third kappa shape index (κ3) is 4.56. The summed E-state index contributed by atoms with van der Waals surface area (Å²) in [7, 11) is 1.52. The Kier molecular flexibility index (Phi) is 6.36. The molecule has 2 aliphatic heterocycles. The second kappa shape index (κ2) is 9.37. The average molecular weight is 453 g/mol. The number of methoxy groups -OCH3 is 1. The molecule has 2 atom stereocenters. The third-order valence-corrected chi connectivity index (χ3v) is 5.84. The van der Waals surface area contributed by atoms with Crippen LogP contribution in [0.5, 0.6) is 5.75 Å². The van der Waals surface area contributed by atoms with E-state index < -0.39 is 28.7 Å². The minimum atomic E-state index is -0.994. The molecule has 2 heterocycles. The predicted octanol–water partition coefficient (Wildman–Crippen LogP) is 2.56. The molecule has 0 saturated carbocycles. The van der Waals surface area contributed by atoms with Crippen molar-refractivity contribution in [3.05, 3.63) is 64.2 Å². The highest BCUT2D eigenvalue weighted by Gasteiger charge is 2.45. The second-order valence-corrected chi connectivity index (χ2v) is 7.88. The molecule has 0 aromatic heterocycles. The fraction of sp³-hybridized carbons (Fsp3) is 0.348. The van der Waals surface area contributed by atoms with Gasteiger partial charge in [-0.25, -0.2) is 4.90 Å². The van der Waals surface area contributed by atoms with Crippen LogP contribution in [0.25, 0.3) is 0 Å². The summed E-state index contributed by atoms with van der Waals surface area (Å²) in [6, 6.07) is 10.7. The standard InChI is InChI=1S/C23H23N3O7/c1-32-18-10-8-16(9-11-18)25-21(27)13-20(23(25)29)24(14-19-3-2-12-33-19)22(28)15-4-6-17(7-5-15)26(30)31/h4-11,19-20H,2-3,12-14H2,1H3. The van der Waals surface area contributed by atoms with Crippen molar-refractivity contribution >= 4 is 29.1 Å². The van der Waals surface area contributed by atoms with Crippen LogP contribution < -0.4 is 9.64 Å². The lowest BCUT2D eigenvalue weighted by Gasteiger charge is -2.30. The lowest BCUT2D eigenvalue weighted by molar-refractivity contribution is -0.384. The van der Waals surface area contributed by atoms with Crippen LogP contribution in [0.15, 0.2) is 48.5 Å². The number of hydrogen-bond acceptors (Lipinski definition) is 7. The highest BCUT2D eigenvalue weighted by atomic mass is 16.6. The Labute approximate surface area is 189 Å². The van der Waals surface area contributed by atoms with Gasteiger partial charge in [0.1, 0.15) is 11.8 Å².